The average molecular weight is 218 g/mol. The number of benzene rings is 1. The second-order valence-corrected chi connectivity index (χ2v) is 3.45. The summed E-state index contributed by atoms with van der Waals surface area (Å²) < 4.78 is 5.16. The van der Waals surface area contributed by atoms with Crippen molar-refractivity contribution in [2.24, 2.45) is 0 Å². The molecule has 0 heterocycles. The van der Waals surface area contributed by atoms with Crippen LogP contribution in [0.5, 0.6) is 5.75 Å². The molecule has 0 aliphatic rings. The average Bonchev–Trinajstić information content (AvgIpc) is 2.24. The Morgan fingerprint density at radius 1 is 1.44 bits per heavy atom. The minimum absolute atomic E-state index is 0.280. The zero-order valence-corrected chi connectivity index (χ0v) is 9.41. The Kier molecular flexibility index (Phi) is 4.34. The number of carbonyl (C=O) groups excluding carboxylic acids is 1. The molecule has 0 aliphatic heterocycles. The van der Waals surface area contributed by atoms with Gasteiger partial charge >= 0.3 is 6.09 Å². The number of carbonyl (C=O) groups is 1. The molecule has 0 saturated heterocycles. The van der Waals surface area contributed by atoms with Gasteiger partial charge in [0.1, 0.15) is 5.75 Å². The number of nitriles is 1. The first kappa shape index (κ1) is 12.1. The summed E-state index contributed by atoms with van der Waals surface area (Å²) in [7, 11) is 0. The molecule has 0 saturated carbocycles. The van der Waals surface area contributed by atoms with Crippen molar-refractivity contribution in [2.45, 2.75) is 20.3 Å². The van der Waals surface area contributed by atoms with Gasteiger partial charge in [0.2, 0.25) is 0 Å². The van der Waals surface area contributed by atoms with Crippen LogP contribution in [0.2, 0.25) is 0 Å². The Balaban J connectivity index is 2.60. The highest BCUT2D eigenvalue weighted by atomic mass is 16.6. The molecule has 1 aromatic rings. The highest BCUT2D eigenvalue weighted by Crippen LogP contribution is 2.22. The first-order valence-corrected chi connectivity index (χ1v) is 5.04. The van der Waals surface area contributed by atoms with Gasteiger partial charge in [0.05, 0.1) is 12.5 Å². The van der Waals surface area contributed by atoms with Gasteiger partial charge in [-0.1, -0.05) is 18.2 Å². The number of hydrogen-bond acceptors (Lipinski definition) is 3. The van der Waals surface area contributed by atoms with Crippen LogP contribution in [0.3, 0.4) is 0 Å². The van der Waals surface area contributed by atoms with Crippen LogP contribution in [-0.4, -0.2) is 12.6 Å². The number of rotatable bonds is 3. The highest BCUT2D eigenvalue weighted by Gasteiger charge is 2.08. The lowest BCUT2D eigenvalue weighted by atomic mass is 10.1. The van der Waals surface area contributed by atoms with Gasteiger partial charge in [-0.05, 0) is 25.0 Å². The number of nitrogens with one attached hydrogen (secondary N) is 1. The first-order chi connectivity index (χ1) is 7.65. The normalized spacial score (nSPS) is 9.31. The lowest BCUT2D eigenvalue weighted by molar-refractivity contribution is 0.200. The minimum Gasteiger partial charge on any atom is -0.410 e. The van der Waals surface area contributed by atoms with Crippen molar-refractivity contribution in [1.82, 2.24) is 5.32 Å². The van der Waals surface area contributed by atoms with Crippen LogP contribution in [0, 0.1) is 25.2 Å². The molecule has 0 atom stereocenters. The fourth-order valence-electron chi connectivity index (χ4n) is 1.31. The first-order valence-electron chi connectivity index (χ1n) is 5.04. The van der Waals surface area contributed by atoms with E-state index in [4.69, 9.17) is 10.00 Å². The summed E-state index contributed by atoms with van der Waals surface area (Å²) in [6, 6.07) is 7.61. The molecule has 0 bridgehead atoms. The van der Waals surface area contributed by atoms with E-state index in [2.05, 4.69) is 5.32 Å². The molecule has 0 aliphatic carbocycles. The molecule has 84 valence electrons. The molecule has 1 amide bonds. The number of nitrogens with zero attached hydrogens (tertiary/aromatic N) is 1. The lowest BCUT2D eigenvalue weighted by Gasteiger charge is -2.10. The van der Waals surface area contributed by atoms with E-state index in [-0.39, 0.29) is 6.42 Å². The maximum atomic E-state index is 11.3. The molecule has 0 fully saturated rings. The minimum atomic E-state index is -0.521. The quantitative estimate of drug-likeness (QED) is 0.792. The van der Waals surface area contributed by atoms with E-state index in [1.807, 2.05) is 38.1 Å². The molecule has 4 nitrogen and oxygen atoms in total. The van der Waals surface area contributed by atoms with Gasteiger partial charge in [-0.2, -0.15) is 5.26 Å². The molecule has 0 unspecified atom stereocenters. The smallest absolute Gasteiger partial charge is 0.410 e. The van der Waals surface area contributed by atoms with E-state index >= 15 is 0 Å². The predicted octanol–water partition coefficient (Wildman–Crippen LogP) is 2.31. The van der Waals surface area contributed by atoms with E-state index in [9.17, 15) is 4.79 Å². The van der Waals surface area contributed by atoms with Crippen LogP contribution in [0.25, 0.3) is 0 Å². The van der Waals surface area contributed by atoms with Crippen molar-refractivity contribution >= 4 is 6.09 Å². The SMILES string of the molecule is Cc1cccc(C)c1OC(=O)NCCC#N. The molecular formula is C12H14N2O2. The largest absolute Gasteiger partial charge is 0.412 e. The van der Waals surface area contributed by atoms with Gasteiger partial charge in [-0.25, -0.2) is 4.79 Å². The van der Waals surface area contributed by atoms with Gasteiger partial charge in [-0.3, -0.25) is 0 Å². The number of aryl methyl sites for hydroxylation is 2. The summed E-state index contributed by atoms with van der Waals surface area (Å²) in [5.74, 6) is 0.581. The molecule has 1 N–H and O–H groups in total. The van der Waals surface area contributed by atoms with Gasteiger partial charge in [0.15, 0.2) is 0 Å². The Morgan fingerprint density at radius 3 is 2.62 bits per heavy atom. The summed E-state index contributed by atoms with van der Waals surface area (Å²) in [5, 5.41) is 10.8. The summed E-state index contributed by atoms with van der Waals surface area (Å²) in [5.41, 5.74) is 1.82. The molecule has 0 radical (unpaired) electrons. The zero-order chi connectivity index (χ0) is 12.0. The Morgan fingerprint density at radius 2 is 2.06 bits per heavy atom. The molecule has 16 heavy (non-hydrogen) atoms. The van der Waals surface area contributed by atoms with E-state index in [1.165, 1.54) is 0 Å². The van der Waals surface area contributed by atoms with E-state index < -0.39 is 6.09 Å². The maximum Gasteiger partial charge on any atom is 0.412 e. The monoisotopic (exact) mass is 218 g/mol. The summed E-state index contributed by atoms with van der Waals surface area (Å²) in [4.78, 5) is 11.3. The summed E-state index contributed by atoms with van der Waals surface area (Å²) >= 11 is 0. The van der Waals surface area contributed by atoms with Crippen molar-refractivity contribution < 1.29 is 9.53 Å². The Hall–Kier alpha value is -2.02. The van der Waals surface area contributed by atoms with Crippen molar-refractivity contribution in [3.05, 3.63) is 29.3 Å². The third kappa shape index (κ3) is 3.28. The predicted molar refractivity (Wildman–Crippen MR) is 60.2 cm³/mol. The second-order valence-electron chi connectivity index (χ2n) is 3.45. The Labute approximate surface area is 94.8 Å². The molecule has 0 spiro atoms. The van der Waals surface area contributed by atoms with Crippen molar-refractivity contribution in [1.29, 1.82) is 5.26 Å². The fourth-order valence-corrected chi connectivity index (χ4v) is 1.31. The van der Waals surface area contributed by atoms with Crippen molar-refractivity contribution in [2.75, 3.05) is 6.54 Å². The van der Waals surface area contributed by atoms with Crippen LogP contribution in [0.4, 0.5) is 4.79 Å². The van der Waals surface area contributed by atoms with Gasteiger partial charge in [0.25, 0.3) is 0 Å². The number of amides is 1. The molecule has 1 aromatic carbocycles. The summed E-state index contributed by atoms with van der Waals surface area (Å²) in [6.07, 6.45) is -0.241. The number of ether oxygens (including phenoxy) is 1. The van der Waals surface area contributed by atoms with E-state index in [0.29, 0.717) is 12.3 Å². The third-order valence-corrected chi connectivity index (χ3v) is 2.11. The number of hydrogen-bond donors (Lipinski definition) is 1. The molecule has 4 heteroatoms. The zero-order valence-electron chi connectivity index (χ0n) is 9.41. The standard InChI is InChI=1S/C12H14N2O2/c1-9-5-3-6-10(2)11(9)16-12(15)14-8-4-7-13/h3,5-6H,4,8H2,1-2H3,(H,14,15). The van der Waals surface area contributed by atoms with E-state index in [0.717, 1.165) is 11.1 Å². The Bertz CT molecular complexity index is 401. The molecule has 1 rings (SSSR count). The van der Waals surface area contributed by atoms with Crippen LogP contribution in [0.1, 0.15) is 17.5 Å². The van der Waals surface area contributed by atoms with Crippen molar-refractivity contribution in [3.8, 4) is 11.8 Å². The third-order valence-electron chi connectivity index (χ3n) is 2.11. The van der Waals surface area contributed by atoms with Crippen molar-refractivity contribution in [3.63, 3.8) is 0 Å². The maximum absolute atomic E-state index is 11.3. The van der Waals surface area contributed by atoms with Crippen LogP contribution in [0.15, 0.2) is 18.2 Å². The number of para-hydroxylation sites is 1. The van der Waals surface area contributed by atoms with Crippen LogP contribution < -0.4 is 10.1 Å². The topological polar surface area (TPSA) is 62.1 Å². The van der Waals surface area contributed by atoms with Gasteiger partial charge in [0, 0.05) is 6.54 Å². The summed E-state index contributed by atoms with van der Waals surface area (Å²) in [6.45, 7) is 4.07. The molecular weight excluding hydrogens is 204 g/mol. The lowest BCUT2D eigenvalue weighted by Crippen LogP contribution is -2.28. The molecule has 0 aromatic heterocycles. The second kappa shape index (κ2) is 5.76. The highest BCUT2D eigenvalue weighted by molar-refractivity contribution is 5.71. The van der Waals surface area contributed by atoms with E-state index in [1.54, 1.807) is 0 Å². The van der Waals surface area contributed by atoms with Crippen LogP contribution in [-0.2, 0) is 0 Å². The fraction of sp³-hybridized carbons (Fsp3) is 0.333. The van der Waals surface area contributed by atoms with Gasteiger partial charge < -0.3 is 10.1 Å². The van der Waals surface area contributed by atoms with Gasteiger partial charge in [-0.15, -0.1) is 0 Å². The van der Waals surface area contributed by atoms with Crippen LogP contribution >= 0.6 is 0 Å².